The molecule has 2 unspecified atom stereocenters. The number of carbonyl (C=O) groups is 1. The Hall–Kier alpha value is -1.35. The second-order valence-electron chi connectivity index (χ2n) is 5.74. The van der Waals surface area contributed by atoms with Gasteiger partial charge in [0, 0.05) is 6.04 Å². The summed E-state index contributed by atoms with van der Waals surface area (Å²) in [5.74, 6) is 0.303. The molecule has 0 spiro atoms. The number of nitrogens with one attached hydrogen (secondary N) is 1. The Kier molecular flexibility index (Phi) is 3.31. The van der Waals surface area contributed by atoms with Crippen LogP contribution >= 0.6 is 0 Å². The molecule has 1 aliphatic carbocycles. The Bertz CT molecular complexity index is 481. The zero-order chi connectivity index (χ0) is 13.4. The third-order valence-corrected chi connectivity index (χ3v) is 4.19. The molecule has 3 heteroatoms. The van der Waals surface area contributed by atoms with Gasteiger partial charge in [-0.1, -0.05) is 37.6 Å². The second-order valence-corrected chi connectivity index (χ2v) is 5.74. The molecule has 19 heavy (non-hydrogen) atoms. The molecule has 1 aliphatic heterocycles. The van der Waals surface area contributed by atoms with Crippen LogP contribution in [0, 0.1) is 6.92 Å². The summed E-state index contributed by atoms with van der Waals surface area (Å²) in [6.07, 6.45) is 4.38. The molecule has 3 rings (SSSR count). The first-order valence-corrected chi connectivity index (χ1v) is 7.36. The molecule has 1 heterocycles. The van der Waals surface area contributed by atoms with Gasteiger partial charge in [-0.2, -0.15) is 0 Å². The van der Waals surface area contributed by atoms with Gasteiger partial charge in [0.05, 0.1) is 6.04 Å². The lowest BCUT2D eigenvalue weighted by Gasteiger charge is -2.25. The number of aryl methyl sites for hydroxylation is 1. The fourth-order valence-electron chi connectivity index (χ4n) is 3.02. The highest BCUT2D eigenvalue weighted by Crippen LogP contribution is 2.38. The molecule has 1 amide bonds. The van der Waals surface area contributed by atoms with Crippen LogP contribution in [0.25, 0.3) is 0 Å². The van der Waals surface area contributed by atoms with Gasteiger partial charge >= 0.3 is 0 Å². The summed E-state index contributed by atoms with van der Waals surface area (Å²) in [6.45, 7) is 4.26. The lowest BCUT2D eigenvalue weighted by molar-refractivity contribution is -0.130. The van der Waals surface area contributed by atoms with Gasteiger partial charge < -0.3 is 4.90 Å². The largest absolute Gasteiger partial charge is 0.319 e. The van der Waals surface area contributed by atoms with E-state index < -0.39 is 0 Å². The van der Waals surface area contributed by atoms with E-state index in [4.69, 9.17) is 0 Å². The van der Waals surface area contributed by atoms with Gasteiger partial charge in [-0.3, -0.25) is 10.1 Å². The number of amides is 1. The fraction of sp³-hybridized carbons (Fsp3) is 0.562. The van der Waals surface area contributed by atoms with Crippen molar-refractivity contribution in [3.05, 3.63) is 35.4 Å². The highest BCUT2D eigenvalue weighted by molar-refractivity contribution is 5.85. The van der Waals surface area contributed by atoms with Crippen molar-refractivity contribution < 1.29 is 4.79 Å². The van der Waals surface area contributed by atoms with Gasteiger partial charge in [0.25, 0.3) is 0 Å². The summed E-state index contributed by atoms with van der Waals surface area (Å²) in [6, 6.07) is 8.86. The van der Waals surface area contributed by atoms with Crippen molar-refractivity contribution in [1.82, 2.24) is 10.2 Å². The van der Waals surface area contributed by atoms with E-state index in [2.05, 4.69) is 48.3 Å². The third-order valence-electron chi connectivity index (χ3n) is 4.19. The van der Waals surface area contributed by atoms with Gasteiger partial charge in [0.15, 0.2) is 0 Å². The van der Waals surface area contributed by atoms with Crippen LogP contribution in [-0.2, 0) is 4.79 Å². The number of hydrogen-bond acceptors (Lipinski definition) is 2. The molecule has 1 saturated carbocycles. The molecule has 3 nitrogen and oxygen atoms in total. The van der Waals surface area contributed by atoms with Crippen LogP contribution in [0.5, 0.6) is 0 Å². The van der Waals surface area contributed by atoms with Crippen molar-refractivity contribution in [3.8, 4) is 0 Å². The van der Waals surface area contributed by atoms with Gasteiger partial charge in [-0.05, 0) is 37.3 Å². The SMILES string of the molecule is CCCC1NC(c2ccccc2C)N(C2CC2)C1=O. The highest BCUT2D eigenvalue weighted by atomic mass is 16.2. The average Bonchev–Trinajstić information content (AvgIpc) is 3.18. The third kappa shape index (κ3) is 2.27. The average molecular weight is 258 g/mol. The summed E-state index contributed by atoms with van der Waals surface area (Å²) < 4.78 is 0. The van der Waals surface area contributed by atoms with Gasteiger partial charge in [0.2, 0.25) is 5.91 Å². The number of nitrogens with zero attached hydrogens (tertiary/aromatic N) is 1. The van der Waals surface area contributed by atoms with E-state index in [9.17, 15) is 4.79 Å². The molecule has 2 aliphatic rings. The zero-order valence-electron chi connectivity index (χ0n) is 11.7. The summed E-state index contributed by atoms with van der Waals surface area (Å²) in [4.78, 5) is 14.6. The first-order chi connectivity index (χ1) is 9.22. The summed E-state index contributed by atoms with van der Waals surface area (Å²) in [5, 5.41) is 3.55. The van der Waals surface area contributed by atoms with Crippen molar-refractivity contribution in [2.45, 2.75) is 57.8 Å². The monoisotopic (exact) mass is 258 g/mol. The van der Waals surface area contributed by atoms with E-state index in [0.717, 1.165) is 25.7 Å². The van der Waals surface area contributed by atoms with E-state index in [0.29, 0.717) is 11.9 Å². The minimum absolute atomic E-state index is 0.00945. The Labute approximate surface area is 115 Å². The van der Waals surface area contributed by atoms with Crippen molar-refractivity contribution in [3.63, 3.8) is 0 Å². The van der Waals surface area contributed by atoms with E-state index in [-0.39, 0.29) is 12.2 Å². The lowest BCUT2D eigenvalue weighted by Crippen LogP contribution is -2.33. The smallest absolute Gasteiger partial charge is 0.241 e. The van der Waals surface area contributed by atoms with E-state index in [1.807, 2.05) is 0 Å². The maximum atomic E-state index is 12.5. The van der Waals surface area contributed by atoms with Crippen LogP contribution in [-0.4, -0.2) is 22.9 Å². The fourth-order valence-corrected chi connectivity index (χ4v) is 3.02. The number of hydrogen-bond donors (Lipinski definition) is 1. The van der Waals surface area contributed by atoms with Gasteiger partial charge in [-0.25, -0.2) is 0 Å². The molecule has 0 radical (unpaired) electrons. The molecular formula is C16H22N2O. The van der Waals surface area contributed by atoms with Crippen molar-refractivity contribution in [1.29, 1.82) is 0 Å². The summed E-state index contributed by atoms with van der Waals surface area (Å²) in [7, 11) is 0. The van der Waals surface area contributed by atoms with E-state index in [1.165, 1.54) is 11.1 Å². The molecule has 102 valence electrons. The molecule has 2 atom stereocenters. The van der Waals surface area contributed by atoms with Crippen LogP contribution in [0.15, 0.2) is 24.3 Å². The molecular weight excluding hydrogens is 236 g/mol. The molecule has 1 saturated heterocycles. The molecule has 0 bridgehead atoms. The van der Waals surface area contributed by atoms with E-state index in [1.54, 1.807) is 0 Å². The van der Waals surface area contributed by atoms with E-state index >= 15 is 0 Å². The first-order valence-electron chi connectivity index (χ1n) is 7.36. The normalized spacial score (nSPS) is 27.1. The zero-order valence-corrected chi connectivity index (χ0v) is 11.7. The molecule has 1 aromatic rings. The minimum Gasteiger partial charge on any atom is -0.319 e. The second kappa shape index (κ2) is 4.97. The summed E-state index contributed by atoms with van der Waals surface area (Å²) >= 11 is 0. The van der Waals surface area contributed by atoms with Crippen LogP contribution in [0.2, 0.25) is 0 Å². The Morgan fingerprint density at radius 2 is 2.05 bits per heavy atom. The summed E-state index contributed by atoms with van der Waals surface area (Å²) in [5.41, 5.74) is 2.51. The predicted molar refractivity (Wildman–Crippen MR) is 75.6 cm³/mol. The first kappa shape index (κ1) is 12.7. The van der Waals surface area contributed by atoms with Crippen molar-refractivity contribution >= 4 is 5.91 Å². The molecule has 1 N–H and O–H groups in total. The van der Waals surface area contributed by atoms with Crippen LogP contribution < -0.4 is 5.32 Å². The van der Waals surface area contributed by atoms with Gasteiger partial charge in [0.1, 0.15) is 6.17 Å². The van der Waals surface area contributed by atoms with Crippen LogP contribution in [0.4, 0.5) is 0 Å². The van der Waals surface area contributed by atoms with Crippen molar-refractivity contribution in [2.24, 2.45) is 0 Å². The van der Waals surface area contributed by atoms with Crippen LogP contribution in [0.3, 0.4) is 0 Å². The minimum atomic E-state index is 0.00945. The van der Waals surface area contributed by atoms with Crippen molar-refractivity contribution in [2.75, 3.05) is 0 Å². The molecule has 0 aromatic heterocycles. The Morgan fingerprint density at radius 1 is 1.32 bits per heavy atom. The highest BCUT2D eigenvalue weighted by Gasteiger charge is 2.46. The Morgan fingerprint density at radius 3 is 2.68 bits per heavy atom. The topological polar surface area (TPSA) is 32.3 Å². The molecule has 1 aromatic carbocycles. The van der Waals surface area contributed by atoms with Gasteiger partial charge in [-0.15, -0.1) is 0 Å². The Balaban J connectivity index is 1.91. The standard InChI is InChI=1S/C16H22N2O/c1-3-6-14-16(19)18(12-9-10-12)15(17-14)13-8-5-4-7-11(13)2/h4-5,7-8,12,14-15,17H,3,6,9-10H2,1-2H3. The number of benzene rings is 1. The number of rotatable bonds is 4. The predicted octanol–water partition coefficient (Wildman–Crippen LogP) is 2.76. The lowest BCUT2D eigenvalue weighted by atomic mass is 10.1. The molecule has 2 fully saturated rings. The quantitative estimate of drug-likeness (QED) is 0.900. The maximum absolute atomic E-state index is 12.5. The maximum Gasteiger partial charge on any atom is 0.241 e. The van der Waals surface area contributed by atoms with Crippen LogP contribution in [0.1, 0.15) is 49.9 Å². The number of carbonyl (C=O) groups excluding carboxylic acids is 1.